The summed E-state index contributed by atoms with van der Waals surface area (Å²) < 4.78 is 79.8. The summed E-state index contributed by atoms with van der Waals surface area (Å²) in [4.78, 5) is 13.5. The molecule has 1 aliphatic rings. The van der Waals surface area contributed by atoms with Gasteiger partial charge < -0.3 is 10.5 Å². The van der Waals surface area contributed by atoms with Gasteiger partial charge in [-0.3, -0.25) is 4.90 Å². The molecule has 0 saturated heterocycles. The molecule has 0 aliphatic carbocycles. The SMILES string of the molecule is [2H]C([2H])([2H])C([2H])([2H])OC(=O)N1c2ccc(C(F)(F)F)cc2[C@@H](N)C[C@H]1CC. The molecule has 1 amide bonds. The second-order valence-electron chi connectivity index (χ2n) is 5.02. The summed E-state index contributed by atoms with van der Waals surface area (Å²) in [5.74, 6) is 0. The Balaban J connectivity index is 2.47. The van der Waals surface area contributed by atoms with E-state index < -0.39 is 43.3 Å². The van der Waals surface area contributed by atoms with Gasteiger partial charge in [0.25, 0.3) is 0 Å². The second-order valence-corrected chi connectivity index (χ2v) is 5.02. The van der Waals surface area contributed by atoms with E-state index in [2.05, 4.69) is 4.74 Å². The molecule has 1 aromatic rings. The van der Waals surface area contributed by atoms with Gasteiger partial charge in [0.05, 0.1) is 20.6 Å². The summed E-state index contributed by atoms with van der Waals surface area (Å²) in [6.07, 6.45) is -5.41. The average molecular weight is 321 g/mol. The van der Waals surface area contributed by atoms with Gasteiger partial charge >= 0.3 is 12.3 Å². The summed E-state index contributed by atoms with van der Waals surface area (Å²) in [6, 6.07) is 1.33. The fourth-order valence-corrected chi connectivity index (χ4v) is 2.66. The van der Waals surface area contributed by atoms with Crippen LogP contribution in [0.3, 0.4) is 0 Å². The Hall–Kier alpha value is -1.76. The quantitative estimate of drug-likeness (QED) is 0.900. The normalized spacial score (nSPS) is 26.0. The van der Waals surface area contributed by atoms with Crippen molar-refractivity contribution < 1.29 is 29.6 Å². The van der Waals surface area contributed by atoms with Crippen molar-refractivity contribution >= 4 is 11.8 Å². The van der Waals surface area contributed by atoms with Gasteiger partial charge in [-0.1, -0.05) is 6.92 Å². The highest BCUT2D eigenvalue weighted by atomic mass is 19.4. The van der Waals surface area contributed by atoms with Crippen molar-refractivity contribution in [1.82, 2.24) is 0 Å². The Bertz CT molecular complexity index is 724. The number of hydrogen-bond donors (Lipinski definition) is 1. The van der Waals surface area contributed by atoms with Gasteiger partial charge in [0.2, 0.25) is 0 Å². The molecule has 0 bridgehead atoms. The molecular formula is C15H19F3N2O2. The molecular weight excluding hydrogens is 297 g/mol. The third-order valence-electron chi connectivity index (χ3n) is 3.71. The van der Waals surface area contributed by atoms with Crippen molar-refractivity contribution in [3.63, 3.8) is 0 Å². The Morgan fingerprint density at radius 1 is 1.59 bits per heavy atom. The minimum Gasteiger partial charge on any atom is -0.449 e. The molecule has 4 nitrogen and oxygen atoms in total. The molecule has 1 aromatic carbocycles. The van der Waals surface area contributed by atoms with Crippen molar-refractivity contribution in [3.8, 4) is 0 Å². The highest BCUT2D eigenvalue weighted by Crippen LogP contribution is 2.40. The molecule has 0 radical (unpaired) electrons. The number of nitrogens with zero attached hydrogens (tertiary/aromatic N) is 1. The van der Waals surface area contributed by atoms with Crippen LogP contribution in [0.5, 0.6) is 0 Å². The predicted octanol–water partition coefficient (Wildman–Crippen LogP) is 3.85. The molecule has 0 spiro atoms. The van der Waals surface area contributed by atoms with Crippen LogP contribution in [-0.4, -0.2) is 18.7 Å². The van der Waals surface area contributed by atoms with Crippen LogP contribution in [0.4, 0.5) is 23.7 Å². The van der Waals surface area contributed by atoms with E-state index in [-0.39, 0.29) is 17.7 Å². The Labute approximate surface area is 134 Å². The maximum atomic E-state index is 13.0. The van der Waals surface area contributed by atoms with Gasteiger partial charge in [-0.2, -0.15) is 13.2 Å². The van der Waals surface area contributed by atoms with Crippen LogP contribution in [0.2, 0.25) is 0 Å². The summed E-state index contributed by atoms with van der Waals surface area (Å²) in [5.41, 5.74) is 5.14. The first-order valence-corrected chi connectivity index (χ1v) is 6.68. The first kappa shape index (κ1) is 10.9. The van der Waals surface area contributed by atoms with Gasteiger partial charge in [-0.15, -0.1) is 0 Å². The van der Waals surface area contributed by atoms with E-state index in [0.717, 1.165) is 23.1 Å². The maximum Gasteiger partial charge on any atom is 0.416 e. The van der Waals surface area contributed by atoms with Crippen LogP contribution in [0.15, 0.2) is 18.2 Å². The first-order valence-electron chi connectivity index (χ1n) is 9.18. The number of ether oxygens (including phenoxy) is 1. The Morgan fingerprint density at radius 3 is 2.91 bits per heavy atom. The summed E-state index contributed by atoms with van der Waals surface area (Å²) in [7, 11) is 0. The highest BCUT2D eigenvalue weighted by molar-refractivity contribution is 5.90. The zero-order valence-electron chi connectivity index (χ0n) is 16.8. The number of benzene rings is 1. The van der Waals surface area contributed by atoms with E-state index in [4.69, 9.17) is 12.6 Å². The van der Waals surface area contributed by atoms with Crippen molar-refractivity contribution in [3.05, 3.63) is 29.3 Å². The molecule has 0 aromatic heterocycles. The largest absolute Gasteiger partial charge is 0.449 e. The topological polar surface area (TPSA) is 55.6 Å². The number of amides is 1. The van der Waals surface area contributed by atoms with E-state index >= 15 is 0 Å². The van der Waals surface area contributed by atoms with Gasteiger partial charge in [0.15, 0.2) is 0 Å². The molecule has 2 atom stereocenters. The average Bonchev–Trinajstić information content (AvgIpc) is 2.51. The Kier molecular flexibility index (Phi) is 3.05. The van der Waals surface area contributed by atoms with Crippen molar-refractivity contribution in [1.29, 1.82) is 0 Å². The third kappa shape index (κ3) is 3.04. The highest BCUT2D eigenvalue weighted by Gasteiger charge is 2.37. The lowest BCUT2D eigenvalue weighted by Crippen LogP contribution is -2.46. The van der Waals surface area contributed by atoms with Crippen molar-refractivity contribution in [2.24, 2.45) is 5.73 Å². The molecule has 22 heavy (non-hydrogen) atoms. The number of anilines is 1. The van der Waals surface area contributed by atoms with Gasteiger partial charge in [-0.25, -0.2) is 4.79 Å². The summed E-state index contributed by atoms with van der Waals surface area (Å²) in [6.45, 7) is -4.77. The van der Waals surface area contributed by atoms with Crippen molar-refractivity contribution in [2.75, 3.05) is 11.5 Å². The first-order chi connectivity index (χ1) is 12.2. The number of fused-ring (bicyclic) bond motifs is 1. The number of halogens is 3. The molecule has 7 heteroatoms. The minimum absolute atomic E-state index is 0.0416. The fraction of sp³-hybridized carbons (Fsp3) is 0.533. The number of alkyl halides is 3. The molecule has 2 rings (SSSR count). The Morgan fingerprint density at radius 2 is 2.32 bits per heavy atom. The van der Waals surface area contributed by atoms with E-state index in [1.807, 2.05) is 0 Å². The van der Waals surface area contributed by atoms with Crippen molar-refractivity contribution in [2.45, 2.75) is 44.9 Å². The lowest BCUT2D eigenvalue weighted by atomic mass is 9.89. The lowest BCUT2D eigenvalue weighted by molar-refractivity contribution is -0.137. The fourth-order valence-electron chi connectivity index (χ4n) is 2.66. The van der Waals surface area contributed by atoms with Gasteiger partial charge in [0.1, 0.15) is 0 Å². The molecule has 0 saturated carbocycles. The number of hydrogen-bond acceptors (Lipinski definition) is 3. The molecule has 0 unspecified atom stereocenters. The smallest absolute Gasteiger partial charge is 0.416 e. The minimum atomic E-state index is -4.60. The zero-order valence-corrected chi connectivity index (χ0v) is 11.8. The second kappa shape index (κ2) is 6.16. The van der Waals surface area contributed by atoms with E-state index in [0.29, 0.717) is 6.42 Å². The van der Waals surface area contributed by atoms with E-state index in [1.54, 1.807) is 6.92 Å². The summed E-state index contributed by atoms with van der Waals surface area (Å²) >= 11 is 0. The molecule has 2 N–H and O–H groups in total. The maximum absolute atomic E-state index is 13.0. The van der Waals surface area contributed by atoms with Crippen LogP contribution >= 0.6 is 0 Å². The number of carbonyl (C=O) groups excluding carboxylic acids is 1. The summed E-state index contributed by atoms with van der Waals surface area (Å²) in [5, 5.41) is 0. The molecule has 122 valence electrons. The van der Waals surface area contributed by atoms with Crippen LogP contribution in [0, 0.1) is 0 Å². The van der Waals surface area contributed by atoms with Crippen LogP contribution in [0.1, 0.15) is 50.6 Å². The van der Waals surface area contributed by atoms with Crippen LogP contribution < -0.4 is 10.6 Å². The molecule has 1 aliphatic heterocycles. The van der Waals surface area contributed by atoms with Crippen LogP contribution in [-0.2, 0) is 10.9 Å². The molecule has 1 heterocycles. The number of nitrogens with two attached hydrogens (primary N) is 1. The van der Waals surface area contributed by atoms with Gasteiger partial charge in [0, 0.05) is 16.2 Å². The zero-order chi connectivity index (χ0) is 20.8. The van der Waals surface area contributed by atoms with Crippen LogP contribution in [0.25, 0.3) is 0 Å². The van der Waals surface area contributed by atoms with E-state index in [9.17, 15) is 18.0 Å². The standard InChI is InChI=1S/C15H19F3N2O2/c1-3-10-8-12(19)11-7-9(15(16,17)18)5-6-13(11)20(10)14(21)22-4-2/h5-7,10,12H,3-4,8,19H2,1-2H3/t10-,12+/m1/s1/i2D3,4D2. The predicted molar refractivity (Wildman–Crippen MR) is 76.6 cm³/mol. The van der Waals surface area contributed by atoms with Gasteiger partial charge in [-0.05, 0) is 43.5 Å². The monoisotopic (exact) mass is 321 g/mol. The number of carbonyl (C=O) groups is 1. The third-order valence-corrected chi connectivity index (χ3v) is 3.71. The van der Waals surface area contributed by atoms with E-state index in [1.165, 1.54) is 0 Å². The molecule has 0 fully saturated rings. The number of rotatable bonds is 2. The lowest BCUT2D eigenvalue weighted by Gasteiger charge is -2.39.